The third-order valence-electron chi connectivity index (χ3n) is 3.36. The second-order valence-electron chi connectivity index (χ2n) is 4.90. The van der Waals surface area contributed by atoms with Gasteiger partial charge in [0.05, 0.1) is 12.2 Å². The molecule has 0 aliphatic heterocycles. The van der Waals surface area contributed by atoms with Gasteiger partial charge in [-0.25, -0.2) is 9.59 Å². The summed E-state index contributed by atoms with van der Waals surface area (Å²) in [4.78, 5) is 26.6. The monoisotopic (exact) mass is 347 g/mol. The van der Waals surface area contributed by atoms with Crippen LogP contribution in [-0.4, -0.2) is 46.4 Å². The van der Waals surface area contributed by atoms with Crippen molar-refractivity contribution in [3.8, 4) is 0 Å². The van der Waals surface area contributed by atoms with Gasteiger partial charge in [0.1, 0.15) is 5.03 Å². The lowest BCUT2D eigenvalue weighted by Crippen LogP contribution is -2.34. The highest BCUT2D eigenvalue weighted by molar-refractivity contribution is 7.99. The maximum absolute atomic E-state index is 12.2. The fourth-order valence-corrected chi connectivity index (χ4v) is 2.96. The highest BCUT2D eigenvalue weighted by Crippen LogP contribution is 2.27. The van der Waals surface area contributed by atoms with Gasteiger partial charge in [0.2, 0.25) is 0 Å². The molecule has 0 N–H and O–H groups in total. The number of carbonyl (C=O) groups excluding carboxylic acids is 2. The van der Waals surface area contributed by atoms with Crippen molar-refractivity contribution in [1.29, 1.82) is 0 Å². The van der Waals surface area contributed by atoms with Gasteiger partial charge in [-0.05, 0) is 45.0 Å². The molecule has 0 radical (unpaired) electrons. The molecule has 1 amide bonds. The number of ether oxygens (including phenoxy) is 1. The smallest absolute Gasteiger partial charge is 0.344 e. The van der Waals surface area contributed by atoms with Crippen LogP contribution in [0.5, 0.6) is 0 Å². The van der Waals surface area contributed by atoms with E-state index >= 15 is 0 Å². The van der Waals surface area contributed by atoms with Crippen molar-refractivity contribution in [2.45, 2.75) is 30.7 Å². The second-order valence-corrected chi connectivity index (χ2v) is 6.00. The molecule has 0 saturated heterocycles. The number of nitrogens with zero attached hydrogens (tertiary/aromatic N) is 3. The molecule has 7 heteroatoms. The first kappa shape index (κ1) is 18.1. The van der Waals surface area contributed by atoms with Crippen LogP contribution < -0.4 is 0 Å². The van der Waals surface area contributed by atoms with E-state index in [-0.39, 0.29) is 12.0 Å². The molecule has 0 bridgehead atoms. The number of carbonyl (C=O) groups is 2. The van der Waals surface area contributed by atoms with Gasteiger partial charge in [-0.15, -0.1) is 0 Å². The molecule has 24 heavy (non-hydrogen) atoms. The first-order valence-corrected chi connectivity index (χ1v) is 8.70. The van der Waals surface area contributed by atoms with Gasteiger partial charge in [-0.1, -0.05) is 17.8 Å². The molecule has 0 aliphatic carbocycles. The van der Waals surface area contributed by atoms with Gasteiger partial charge < -0.3 is 9.64 Å². The fourth-order valence-electron chi connectivity index (χ4n) is 2.13. The van der Waals surface area contributed by atoms with Crippen LogP contribution in [0.2, 0.25) is 0 Å². The van der Waals surface area contributed by atoms with Crippen LogP contribution in [0.15, 0.2) is 46.5 Å². The Morgan fingerprint density at radius 1 is 1.21 bits per heavy atom. The molecule has 2 rings (SSSR count). The van der Waals surface area contributed by atoms with Crippen molar-refractivity contribution in [2.75, 3.05) is 19.7 Å². The van der Waals surface area contributed by atoms with Gasteiger partial charge in [0.25, 0.3) is 0 Å². The number of amides is 1. The summed E-state index contributed by atoms with van der Waals surface area (Å²) < 4.78 is 6.34. The topological polar surface area (TPSA) is 64.4 Å². The highest BCUT2D eigenvalue weighted by atomic mass is 32.2. The summed E-state index contributed by atoms with van der Waals surface area (Å²) >= 11 is 1.39. The van der Waals surface area contributed by atoms with E-state index in [4.69, 9.17) is 4.74 Å². The molecule has 0 atom stereocenters. The zero-order valence-corrected chi connectivity index (χ0v) is 14.9. The minimum absolute atomic E-state index is 0.146. The zero-order valence-electron chi connectivity index (χ0n) is 14.1. The van der Waals surface area contributed by atoms with Crippen LogP contribution in [0.25, 0.3) is 0 Å². The molecule has 0 fully saturated rings. The Morgan fingerprint density at radius 3 is 2.62 bits per heavy atom. The van der Waals surface area contributed by atoms with E-state index in [1.54, 1.807) is 42.3 Å². The Morgan fingerprint density at radius 2 is 1.96 bits per heavy atom. The minimum atomic E-state index is -0.345. The lowest BCUT2D eigenvalue weighted by Gasteiger charge is -2.17. The lowest BCUT2D eigenvalue weighted by molar-refractivity contribution is 0.0526. The standard InChI is InChI=1S/C17H21N3O3S/c1-4-19(5-2)17(22)20-11-10-15(18-20)24-14-9-7-8-13(12-14)16(21)23-6-3/h7-12H,4-6H2,1-3H3. The average Bonchev–Trinajstić information content (AvgIpc) is 3.05. The van der Waals surface area contributed by atoms with Gasteiger partial charge in [-0.2, -0.15) is 9.78 Å². The van der Waals surface area contributed by atoms with Gasteiger partial charge in [0.15, 0.2) is 0 Å². The van der Waals surface area contributed by atoms with Crippen molar-refractivity contribution in [3.05, 3.63) is 42.1 Å². The Hall–Kier alpha value is -2.28. The number of rotatable bonds is 6. The summed E-state index contributed by atoms with van der Waals surface area (Å²) in [5.74, 6) is -0.345. The van der Waals surface area contributed by atoms with Gasteiger partial charge in [0, 0.05) is 24.2 Å². The van der Waals surface area contributed by atoms with Crippen LogP contribution >= 0.6 is 11.8 Å². The first-order valence-electron chi connectivity index (χ1n) is 7.89. The summed E-state index contributed by atoms with van der Waals surface area (Å²) in [6, 6.07) is 8.79. The highest BCUT2D eigenvalue weighted by Gasteiger charge is 2.14. The molecule has 1 aromatic carbocycles. The summed E-state index contributed by atoms with van der Waals surface area (Å²) in [6.45, 7) is 7.26. The molecule has 1 aromatic heterocycles. The largest absolute Gasteiger partial charge is 0.462 e. The predicted molar refractivity (Wildman–Crippen MR) is 92.5 cm³/mol. The van der Waals surface area contributed by atoms with Crippen molar-refractivity contribution in [2.24, 2.45) is 0 Å². The fraction of sp³-hybridized carbons (Fsp3) is 0.353. The third kappa shape index (κ3) is 4.38. The number of hydrogen-bond acceptors (Lipinski definition) is 5. The summed E-state index contributed by atoms with van der Waals surface area (Å²) in [7, 11) is 0. The van der Waals surface area contributed by atoms with Crippen LogP contribution in [0, 0.1) is 0 Å². The quantitative estimate of drug-likeness (QED) is 0.748. The second kappa shape index (κ2) is 8.54. The third-order valence-corrected chi connectivity index (χ3v) is 4.28. The Bertz CT molecular complexity index is 711. The van der Waals surface area contributed by atoms with E-state index < -0.39 is 0 Å². The van der Waals surface area contributed by atoms with E-state index in [1.807, 2.05) is 19.9 Å². The predicted octanol–water partition coefficient (Wildman–Crippen LogP) is 3.52. The molecular formula is C17H21N3O3S. The maximum atomic E-state index is 12.2. The SMILES string of the molecule is CCOC(=O)c1cccc(Sc2ccn(C(=O)N(CC)CC)n2)c1. The van der Waals surface area contributed by atoms with Crippen LogP contribution in [-0.2, 0) is 4.74 Å². The normalized spacial score (nSPS) is 10.5. The maximum Gasteiger partial charge on any atom is 0.344 e. The van der Waals surface area contributed by atoms with Crippen molar-refractivity contribution in [1.82, 2.24) is 14.7 Å². The minimum Gasteiger partial charge on any atom is -0.462 e. The number of hydrogen-bond donors (Lipinski definition) is 0. The average molecular weight is 347 g/mol. The van der Waals surface area contributed by atoms with E-state index in [9.17, 15) is 9.59 Å². The van der Waals surface area contributed by atoms with Crippen molar-refractivity contribution < 1.29 is 14.3 Å². The van der Waals surface area contributed by atoms with E-state index in [2.05, 4.69) is 5.10 Å². The number of aromatic nitrogens is 2. The molecule has 0 saturated carbocycles. The van der Waals surface area contributed by atoms with Crippen LogP contribution in [0.3, 0.4) is 0 Å². The van der Waals surface area contributed by atoms with E-state index in [0.717, 1.165) is 4.90 Å². The van der Waals surface area contributed by atoms with Crippen LogP contribution in [0.1, 0.15) is 31.1 Å². The van der Waals surface area contributed by atoms with Gasteiger partial charge >= 0.3 is 12.0 Å². The Labute approximate surface area is 145 Å². The first-order chi connectivity index (χ1) is 11.6. The molecule has 1 heterocycles. The molecule has 6 nitrogen and oxygen atoms in total. The summed E-state index contributed by atoms with van der Waals surface area (Å²) in [5, 5.41) is 5.00. The lowest BCUT2D eigenvalue weighted by atomic mass is 10.2. The number of benzene rings is 1. The van der Waals surface area contributed by atoms with Crippen molar-refractivity contribution >= 4 is 23.8 Å². The Kier molecular flexibility index (Phi) is 6.43. The summed E-state index contributed by atoms with van der Waals surface area (Å²) in [6.07, 6.45) is 1.65. The molecule has 128 valence electrons. The number of esters is 1. The van der Waals surface area contributed by atoms with Crippen LogP contribution in [0.4, 0.5) is 4.79 Å². The van der Waals surface area contributed by atoms with Gasteiger partial charge in [-0.3, -0.25) is 0 Å². The molecule has 0 aliphatic rings. The van der Waals surface area contributed by atoms with E-state index in [1.165, 1.54) is 16.4 Å². The van der Waals surface area contributed by atoms with Crippen molar-refractivity contribution in [3.63, 3.8) is 0 Å². The Balaban J connectivity index is 2.11. The summed E-state index contributed by atoms with van der Waals surface area (Å²) in [5.41, 5.74) is 0.500. The zero-order chi connectivity index (χ0) is 17.5. The molecular weight excluding hydrogens is 326 g/mol. The molecule has 0 spiro atoms. The molecule has 0 unspecified atom stereocenters. The molecule has 2 aromatic rings. The van der Waals surface area contributed by atoms with E-state index in [0.29, 0.717) is 30.3 Å².